The molecule has 1 unspecified atom stereocenters. The Kier molecular flexibility index (Phi) is 3.46. The van der Waals surface area contributed by atoms with Crippen molar-refractivity contribution < 1.29 is 0 Å². The fraction of sp³-hybridized carbons (Fsp3) is 0.150. The molecule has 1 aliphatic rings. The van der Waals surface area contributed by atoms with E-state index in [1.165, 1.54) is 16.7 Å². The number of benzene rings is 2. The van der Waals surface area contributed by atoms with Gasteiger partial charge in [-0.05, 0) is 42.3 Å². The largest absolute Gasteiger partial charge is 0.324 e. The third kappa shape index (κ3) is 2.78. The van der Waals surface area contributed by atoms with E-state index in [1.807, 2.05) is 12.1 Å². The van der Waals surface area contributed by atoms with Crippen molar-refractivity contribution in [3.05, 3.63) is 89.7 Å². The highest BCUT2D eigenvalue weighted by molar-refractivity contribution is 6.02. The summed E-state index contributed by atoms with van der Waals surface area (Å²) in [6.07, 6.45) is 5.03. The van der Waals surface area contributed by atoms with Gasteiger partial charge in [0.05, 0.1) is 11.8 Å². The Bertz CT molecular complexity index is 847. The monoisotopic (exact) mass is 301 g/mol. The lowest BCUT2D eigenvalue weighted by molar-refractivity contribution is 0.619. The van der Waals surface area contributed by atoms with Gasteiger partial charge in [0.2, 0.25) is 0 Å². The van der Waals surface area contributed by atoms with Crippen molar-refractivity contribution in [3.63, 3.8) is 0 Å². The van der Waals surface area contributed by atoms with Gasteiger partial charge < -0.3 is 9.99 Å². The van der Waals surface area contributed by atoms with Crippen LogP contribution in [0.25, 0.3) is 5.69 Å². The Morgan fingerprint density at radius 2 is 1.83 bits per heavy atom. The fourth-order valence-corrected chi connectivity index (χ4v) is 3.05. The maximum atomic E-state index is 4.57. The number of rotatable bonds is 3. The average molecular weight is 301 g/mol. The number of hydrazone groups is 1. The van der Waals surface area contributed by atoms with Gasteiger partial charge in [-0.1, -0.05) is 42.0 Å². The van der Waals surface area contributed by atoms with Crippen molar-refractivity contribution in [2.24, 2.45) is 5.10 Å². The first-order valence-electron chi connectivity index (χ1n) is 7.92. The summed E-state index contributed by atoms with van der Waals surface area (Å²) >= 11 is 0. The van der Waals surface area contributed by atoms with Gasteiger partial charge >= 0.3 is 0 Å². The molecule has 0 saturated heterocycles. The van der Waals surface area contributed by atoms with E-state index in [4.69, 9.17) is 0 Å². The predicted octanol–water partition coefficient (Wildman–Crippen LogP) is 4.22. The summed E-state index contributed by atoms with van der Waals surface area (Å²) in [6.45, 7) is 2.13. The smallest absolute Gasteiger partial charge is 0.0745 e. The molecule has 4 rings (SSSR count). The topological polar surface area (TPSA) is 29.3 Å². The highest BCUT2D eigenvalue weighted by Crippen LogP contribution is 2.25. The average Bonchev–Trinajstić information content (AvgIpc) is 3.27. The van der Waals surface area contributed by atoms with E-state index in [9.17, 15) is 0 Å². The first-order valence-corrected chi connectivity index (χ1v) is 7.92. The zero-order valence-corrected chi connectivity index (χ0v) is 13.1. The van der Waals surface area contributed by atoms with Crippen LogP contribution in [0.15, 0.2) is 78.2 Å². The van der Waals surface area contributed by atoms with Crippen molar-refractivity contribution in [2.45, 2.75) is 19.4 Å². The lowest BCUT2D eigenvalue weighted by Crippen LogP contribution is -2.10. The molecule has 0 fully saturated rings. The van der Waals surface area contributed by atoms with Crippen LogP contribution >= 0.6 is 0 Å². The fourth-order valence-electron chi connectivity index (χ4n) is 3.05. The van der Waals surface area contributed by atoms with Gasteiger partial charge in [0.1, 0.15) is 0 Å². The maximum absolute atomic E-state index is 4.57. The normalized spacial score (nSPS) is 16.9. The van der Waals surface area contributed by atoms with Gasteiger partial charge in [-0.15, -0.1) is 0 Å². The Morgan fingerprint density at radius 3 is 2.65 bits per heavy atom. The zero-order valence-electron chi connectivity index (χ0n) is 13.1. The SMILES string of the molecule is Cc1cccc(C2CC(c3cccc(-n4cccc4)c3)=NN2)c1. The Morgan fingerprint density at radius 1 is 1.00 bits per heavy atom. The quantitative estimate of drug-likeness (QED) is 0.771. The Labute approximate surface area is 136 Å². The molecule has 1 atom stereocenters. The van der Waals surface area contributed by atoms with E-state index < -0.39 is 0 Å². The summed E-state index contributed by atoms with van der Waals surface area (Å²) in [5, 5.41) is 4.57. The van der Waals surface area contributed by atoms with E-state index in [0.29, 0.717) is 0 Å². The van der Waals surface area contributed by atoms with Crippen LogP contribution < -0.4 is 5.43 Å². The molecule has 0 spiro atoms. The molecule has 1 aliphatic heterocycles. The number of hydrogen-bond donors (Lipinski definition) is 1. The van der Waals surface area contributed by atoms with Gasteiger partial charge in [0.15, 0.2) is 0 Å². The summed E-state index contributed by atoms with van der Waals surface area (Å²) in [4.78, 5) is 0. The van der Waals surface area contributed by atoms with E-state index in [-0.39, 0.29) is 6.04 Å². The van der Waals surface area contributed by atoms with E-state index in [2.05, 4.69) is 82.9 Å². The van der Waals surface area contributed by atoms with Gasteiger partial charge in [-0.2, -0.15) is 5.10 Å². The highest BCUT2D eigenvalue weighted by Gasteiger charge is 2.21. The zero-order chi connectivity index (χ0) is 15.6. The van der Waals surface area contributed by atoms with Crippen LogP contribution in [0.4, 0.5) is 0 Å². The highest BCUT2D eigenvalue weighted by atomic mass is 15.3. The van der Waals surface area contributed by atoms with Crippen molar-refractivity contribution in [1.82, 2.24) is 9.99 Å². The van der Waals surface area contributed by atoms with Crippen molar-refractivity contribution in [1.29, 1.82) is 0 Å². The number of nitrogens with zero attached hydrogens (tertiary/aromatic N) is 2. The van der Waals surface area contributed by atoms with Gasteiger partial charge in [-0.25, -0.2) is 0 Å². The standard InChI is InChI=1S/C20H19N3/c1-15-6-4-7-16(12-15)19-14-20(22-21-19)17-8-5-9-18(13-17)23-10-2-3-11-23/h2-13,19,21H,14H2,1H3. The molecule has 23 heavy (non-hydrogen) atoms. The lowest BCUT2D eigenvalue weighted by Gasteiger charge is -2.11. The van der Waals surface area contributed by atoms with Crippen LogP contribution in [0, 0.1) is 6.92 Å². The molecule has 0 amide bonds. The molecule has 3 aromatic rings. The third-order valence-corrected chi connectivity index (χ3v) is 4.28. The summed E-state index contributed by atoms with van der Waals surface area (Å²) in [6, 6.07) is 21.5. The maximum Gasteiger partial charge on any atom is 0.0745 e. The first-order chi connectivity index (χ1) is 11.3. The molecule has 0 radical (unpaired) electrons. The molecule has 3 heteroatoms. The van der Waals surface area contributed by atoms with Crippen LogP contribution in [-0.2, 0) is 0 Å². The predicted molar refractivity (Wildman–Crippen MR) is 94.0 cm³/mol. The lowest BCUT2D eigenvalue weighted by atomic mass is 9.98. The molecule has 0 aliphatic carbocycles. The molecule has 2 aromatic carbocycles. The Balaban J connectivity index is 1.57. The van der Waals surface area contributed by atoms with Crippen LogP contribution in [0.2, 0.25) is 0 Å². The summed E-state index contributed by atoms with van der Waals surface area (Å²) in [5.74, 6) is 0. The number of nitrogens with one attached hydrogen (secondary N) is 1. The van der Waals surface area contributed by atoms with Crippen molar-refractivity contribution >= 4 is 5.71 Å². The second-order valence-electron chi connectivity index (χ2n) is 6.00. The first kappa shape index (κ1) is 13.8. The van der Waals surface area contributed by atoms with E-state index in [1.54, 1.807) is 0 Å². The molecule has 1 aromatic heterocycles. The molecule has 1 N–H and O–H groups in total. The van der Waals surface area contributed by atoms with Crippen molar-refractivity contribution in [3.8, 4) is 5.69 Å². The van der Waals surface area contributed by atoms with Gasteiger partial charge in [0, 0.05) is 24.5 Å². The molecular formula is C20H19N3. The summed E-state index contributed by atoms with van der Waals surface area (Å²) in [7, 11) is 0. The minimum atomic E-state index is 0.264. The Hall–Kier alpha value is -2.81. The third-order valence-electron chi connectivity index (χ3n) is 4.28. The van der Waals surface area contributed by atoms with E-state index in [0.717, 1.165) is 17.8 Å². The molecular weight excluding hydrogens is 282 g/mol. The number of aromatic nitrogens is 1. The minimum Gasteiger partial charge on any atom is -0.324 e. The second kappa shape index (κ2) is 5.76. The van der Waals surface area contributed by atoms with Crippen LogP contribution in [-0.4, -0.2) is 10.3 Å². The number of aryl methyl sites for hydroxylation is 1. The van der Waals surface area contributed by atoms with Gasteiger partial charge in [0.25, 0.3) is 0 Å². The van der Waals surface area contributed by atoms with Crippen LogP contribution in [0.1, 0.15) is 29.2 Å². The van der Waals surface area contributed by atoms with E-state index >= 15 is 0 Å². The summed E-state index contributed by atoms with van der Waals surface area (Å²) < 4.78 is 2.12. The molecule has 0 saturated carbocycles. The second-order valence-corrected chi connectivity index (χ2v) is 6.00. The molecule has 3 nitrogen and oxygen atoms in total. The molecule has 114 valence electrons. The van der Waals surface area contributed by atoms with Gasteiger partial charge in [-0.3, -0.25) is 0 Å². The van der Waals surface area contributed by atoms with Crippen molar-refractivity contribution in [2.75, 3.05) is 0 Å². The number of hydrogen-bond acceptors (Lipinski definition) is 2. The van der Waals surface area contributed by atoms with Crippen LogP contribution in [0.3, 0.4) is 0 Å². The summed E-state index contributed by atoms with van der Waals surface area (Å²) in [5.41, 5.74) is 9.32. The van der Waals surface area contributed by atoms with Crippen LogP contribution in [0.5, 0.6) is 0 Å². The molecule has 2 heterocycles. The molecule has 0 bridgehead atoms. The minimum absolute atomic E-state index is 0.264.